The number of hydrogen-bond acceptors (Lipinski definition) is 2. The van der Waals surface area contributed by atoms with Gasteiger partial charge in [0.05, 0.1) is 0 Å². The largest absolute Gasteiger partial charge is 0.309 e. The molecule has 2 heteroatoms. The fourth-order valence-corrected chi connectivity index (χ4v) is 3.43. The topological polar surface area (TPSA) is 15.3 Å². The summed E-state index contributed by atoms with van der Waals surface area (Å²) >= 11 is 0. The van der Waals surface area contributed by atoms with Crippen molar-refractivity contribution < 1.29 is 0 Å². The van der Waals surface area contributed by atoms with Crippen molar-refractivity contribution >= 4 is 0 Å². The van der Waals surface area contributed by atoms with E-state index < -0.39 is 0 Å². The molecule has 0 radical (unpaired) electrons. The number of nitrogens with one attached hydrogen (secondary N) is 1. The third-order valence-corrected chi connectivity index (χ3v) is 5.31. The van der Waals surface area contributed by atoms with Gasteiger partial charge in [0, 0.05) is 18.6 Å². The molecule has 3 unspecified atom stereocenters. The number of nitrogens with zero attached hydrogens (tertiary/aromatic N) is 1. The molecule has 2 rings (SSSR count). The Morgan fingerprint density at radius 1 is 1.24 bits per heavy atom. The highest BCUT2D eigenvalue weighted by molar-refractivity contribution is 5.32. The quantitative estimate of drug-likeness (QED) is 0.878. The SMILES string of the molecule is CCNC(CN1CCCC(C)C1C)c1ccc(C)c(C)c1. The molecule has 1 N–H and O–H groups in total. The van der Waals surface area contributed by atoms with Crippen molar-refractivity contribution in [3.05, 3.63) is 34.9 Å². The van der Waals surface area contributed by atoms with Gasteiger partial charge in [-0.2, -0.15) is 0 Å². The van der Waals surface area contributed by atoms with Crippen molar-refractivity contribution in [1.82, 2.24) is 10.2 Å². The van der Waals surface area contributed by atoms with Crippen LogP contribution in [-0.2, 0) is 0 Å². The maximum Gasteiger partial charge on any atom is 0.0449 e. The van der Waals surface area contributed by atoms with E-state index in [-0.39, 0.29) is 0 Å². The van der Waals surface area contributed by atoms with Crippen LogP contribution in [0.2, 0.25) is 0 Å². The van der Waals surface area contributed by atoms with Gasteiger partial charge >= 0.3 is 0 Å². The average Bonchev–Trinajstić information content (AvgIpc) is 2.46. The predicted octanol–water partition coefficient (Wildman–Crippen LogP) is 4.07. The number of piperidine rings is 1. The van der Waals surface area contributed by atoms with E-state index in [2.05, 4.69) is 63.0 Å². The Morgan fingerprint density at radius 3 is 2.67 bits per heavy atom. The number of likely N-dealkylation sites (tertiary alicyclic amines) is 1. The summed E-state index contributed by atoms with van der Waals surface area (Å²) in [6.45, 7) is 14.8. The van der Waals surface area contributed by atoms with Gasteiger partial charge in [-0.05, 0) is 69.3 Å². The van der Waals surface area contributed by atoms with E-state index in [1.165, 1.54) is 36.1 Å². The minimum atomic E-state index is 0.446. The Morgan fingerprint density at radius 2 is 2.00 bits per heavy atom. The summed E-state index contributed by atoms with van der Waals surface area (Å²) < 4.78 is 0. The van der Waals surface area contributed by atoms with E-state index >= 15 is 0 Å². The van der Waals surface area contributed by atoms with Crippen molar-refractivity contribution in [1.29, 1.82) is 0 Å². The van der Waals surface area contributed by atoms with Gasteiger partial charge in [-0.1, -0.05) is 32.0 Å². The lowest BCUT2D eigenvalue weighted by atomic mass is 9.91. The predicted molar refractivity (Wildman–Crippen MR) is 91.8 cm³/mol. The number of aryl methyl sites for hydroxylation is 2. The molecule has 1 aliphatic rings. The van der Waals surface area contributed by atoms with Crippen LogP contribution in [0.1, 0.15) is 56.3 Å². The van der Waals surface area contributed by atoms with Crippen molar-refractivity contribution in [2.75, 3.05) is 19.6 Å². The molecule has 1 aromatic carbocycles. The molecule has 0 bridgehead atoms. The van der Waals surface area contributed by atoms with Gasteiger partial charge in [-0.3, -0.25) is 4.90 Å². The molecular formula is C19H32N2. The average molecular weight is 288 g/mol. The lowest BCUT2D eigenvalue weighted by Crippen LogP contribution is -2.46. The maximum absolute atomic E-state index is 3.69. The van der Waals surface area contributed by atoms with E-state index in [0.29, 0.717) is 12.1 Å². The highest BCUT2D eigenvalue weighted by Crippen LogP contribution is 2.26. The molecule has 1 fully saturated rings. The maximum atomic E-state index is 3.69. The number of benzene rings is 1. The molecule has 0 aromatic heterocycles. The van der Waals surface area contributed by atoms with Crippen LogP contribution in [0, 0.1) is 19.8 Å². The minimum absolute atomic E-state index is 0.446. The number of likely N-dealkylation sites (N-methyl/N-ethyl adjacent to an activating group) is 1. The summed E-state index contributed by atoms with van der Waals surface area (Å²) in [4.78, 5) is 2.68. The molecule has 2 nitrogen and oxygen atoms in total. The monoisotopic (exact) mass is 288 g/mol. The van der Waals surface area contributed by atoms with E-state index in [1.54, 1.807) is 0 Å². The Hall–Kier alpha value is -0.860. The van der Waals surface area contributed by atoms with Crippen LogP contribution in [0.25, 0.3) is 0 Å². The van der Waals surface area contributed by atoms with Crippen molar-refractivity contribution in [3.8, 4) is 0 Å². The Bertz CT molecular complexity index is 455. The van der Waals surface area contributed by atoms with Gasteiger partial charge in [0.15, 0.2) is 0 Å². The van der Waals surface area contributed by atoms with Crippen LogP contribution < -0.4 is 5.32 Å². The minimum Gasteiger partial charge on any atom is -0.309 e. The first-order valence-electron chi connectivity index (χ1n) is 8.57. The number of rotatable bonds is 5. The van der Waals surface area contributed by atoms with Gasteiger partial charge < -0.3 is 5.32 Å². The summed E-state index contributed by atoms with van der Waals surface area (Å²) in [5.41, 5.74) is 4.22. The fourth-order valence-electron chi connectivity index (χ4n) is 3.43. The normalized spacial score (nSPS) is 25.0. The molecule has 1 aromatic rings. The van der Waals surface area contributed by atoms with E-state index in [4.69, 9.17) is 0 Å². The van der Waals surface area contributed by atoms with Crippen LogP contribution >= 0.6 is 0 Å². The van der Waals surface area contributed by atoms with E-state index in [9.17, 15) is 0 Å². The molecule has 0 spiro atoms. The second-order valence-corrected chi connectivity index (χ2v) is 6.81. The summed E-state index contributed by atoms with van der Waals surface area (Å²) in [6, 6.07) is 8.07. The van der Waals surface area contributed by atoms with Gasteiger partial charge in [0.25, 0.3) is 0 Å². The molecule has 1 saturated heterocycles. The first kappa shape index (κ1) is 16.5. The summed E-state index contributed by atoms with van der Waals surface area (Å²) in [5, 5.41) is 3.69. The second kappa shape index (κ2) is 7.42. The van der Waals surface area contributed by atoms with Crippen molar-refractivity contribution in [2.24, 2.45) is 5.92 Å². The zero-order valence-corrected chi connectivity index (χ0v) is 14.4. The standard InChI is InChI=1S/C19H32N2/c1-6-20-19(18-10-9-14(2)16(4)12-18)13-21-11-7-8-15(3)17(21)5/h9-10,12,15,17,19-20H,6-8,11,13H2,1-5H3. The Balaban J connectivity index is 2.12. The molecule has 3 atom stereocenters. The first-order chi connectivity index (χ1) is 10.0. The summed E-state index contributed by atoms with van der Waals surface area (Å²) in [6.07, 6.45) is 2.73. The Kier molecular flexibility index (Phi) is 5.83. The van der Waals surface area contributed by atoms with Gasteiger partial charge in [0.2, 0.25) is 0 Å². The molecule has 21 heavy (non-hydrogen) atoms. The van der Waals surface area contributed by atoms with Crippen molar-refractivity contribution in [3.63, 3.8) is 0 Å². The lowest BCUT2D eigenvalue weighted by molar-refractivity contribution is 0.102. The molecule has 1 aliphatic heterocycles. The highest BCUT2D eigenvalue weighted by Gasteiger charge is 2.26. The van der Waals surface area contributed by atoms with Gasteiger partial charge in [-0.15, -0.1) is 0 Å². The molecular weight excluding hydrogens is 256 g/mol. The van der Waals surface area contributed by atoms with Crippen LogP contribution in [-0.4, -0.2) is 30.6 Å². The van der Waals surface area contributed by atoms with Crippen LogP contribution in [0.5, 0.6) is 0 Å². The van der Waals surface area contributed by atoms with Crippen LogP contribution in [0.15, 0.2) is 18.2 Å². The van der Waals surface area contributed by atoms with E-state index in [0.717, 1.165) is 19.0 Å². The molecule has 0 amide bonds. The first-order valence-corrected chi connectivity index (χ1v) is 8.57. The number of hydrogen-bond donors (Lipinski definition) is 1. The van der Waals surface area contributed by atoms with Gasteiger partial charge in [0.1, 0.15) is 0 Å². The molecule has 0 saturated carbocycles. The third-order valence-electron chi connectivity index (χ3n) is 5.31. The zero-order valence-electron chi connectivity index (χ0n) is 14.4. The van der Waals surface area contributed by atoms with Crippen molar-refractivity contribution in [2.45, 2.75) is 59.5 Å². The highest BCUT2D eigenvalue weighted by atomic mass is 15.2. The zero-order chi connectivity index (χ0) is 15.4. The van der Waals surface area contributed by atoms with Gasteiger partial charge in [-0.25, -0.2) is 0 Å². The third kappa shape index (κ3) is 4.08. The summed E-state index contributed by atoms with van der Waals surface area (Å²) in [7, 11) is 0. The smallest absolute Gasteiger partial charge is 0.0449 e. The summed E-state index contributed by atoms with van der Waals surface area (Å²) in [5.74, 6) is 0.820. The van der Waals surface area contributed by atoms with Crippen LogP contribution in [0.4, 0.5) is 0 Å². The molecule has 0 aliphatic carbocycles. The van der Waals surface area contributed by atoms with E-state index in [1.807, 2.05) is 0 Å². The second-order valence-electron chi connectivity index (χ2n) is 6.81. The Labute approximate surface area is 130 Å². The fraction of sp³-hybridized carbons (Fsp3) is 0.684. The van der Waals surface area contributed by atoms with Crippen LogP contribution in [0.3, 0.4) is 0 Å². The molecule has 118 valence electrons. The molecule has 1 heterocycles. The lowest BCUT2D eigenvalue weighted by Gasteiger charge is -2.40.